The van der Waals surface area contributed by atoms with Gasteiger partial charge in [0.05, 0.1) is 15.2 Å². The van der Waals surface area contributed by atoms with Gasteiger partial charge in [0.2, 0.25) is 0 Å². The number of carboxylic acids is 1. The maximum atomic E-state index is 12.4. The average molecular weight is 375 g/mol. The summed E-state index contributed by atoms with van der Waals surface area (Å²) < 4.78 is 1.20. The maximum absolute atomic E-state index is 12.4. The van der Waals surface area contributed by atoms with Crippen molar-refractivity contribution in [1.29, 1.82) is 0 Å². The van der Waals surface area contributed by atoms with Gasteiger partial charge in [-0.15, -0.1) is 11.3 Å². The summed E-state index contributed by atoms with van der Waals surface area (Å²) in [6, 6.07) is 7.02. The normalized spacial score (nSPS) is 16.8. The van der Waals surface area contributed by atoms with Crippen LogP contribution in [0.3, 0.4) is 0 Å². The van der Waals surface area contributed by atoms with Crippen molar-refractivity contribution in [3.05, 3.63) is 29.3 Å². The van der Waals surface area contributed by atoms with Gasteiger partial charge in [0.1, 0.15) is 6.04 Å². The number of aromatic nitrogens is 1. The maximum Gasteiger partial charge on any atom is 0.326 e. The molecule has 1 aliphatic heterocycles. The fourth-order valence-corrected chi connectivity index (χ4v) is 4.46. The number of hydrogen-bond acceptors (Lipinski definition) is 4. The fraction of sp³-hybridized carbons (Fsp3) is 0.526. The molecular weight excluding hydrogens is 350 g/mol. The molecule has 1 saturated heterocycles. The van der Waals surface area contributed by atoms with Crippen LogP contribution in [0.15, 0.2) is 24.3 Å². The first-order valence-corrected chi connectivity index (χ1v) is 9.89. The molecule has 26 heavy (non-hydrogen) atoms. The highest BCUT2D eigenvalue weighted by molar-refractivity contribution is 7.18. The van der Waals surface area contributed by atoms with Gasteiger partial charge < -0.3 is 15.3 Å². The Bertz CT molecular complexity index is 748. The van der Waals surface area contributed by atoms with E-state index in [1.165, 1.54) is 4.70 Å². The Kier molecular flexibility index (Phi) is 5.76. The van der Waals surface area contributed by atoms with E-state index in [1.54, 1.807) is 16.2 Å². The summed E-state index contributed by atoms with van der Waals surface area (Å²) in [5.41, 5.74) is 1.03. The zero-order valence-electron chi connectivity index (χ0n) is 15.1. The van der Waals surface area contributed by atoms with Crippen molar-refractivity contribution in [3.8, 4) is 0 Å². The van der Waals surface area contributed by atoms with E-state index in [2.05, 4.69) is 11.4 Å². The third kappa shape index (κ3) is 4.33. The van der Waals surface area contributed by atoms with Crippen LogP contribution in [0.5, 0.6) is 0 Å². The van der Waals surface area contributed by atoms with Crippen molar-refractivity contribution in [2.45, 2.75) is 45.1 Å². The minimum atomic E-state index is -0.976. The zero-order chi connectivity index (χ0) is 18.7. The number of urea groups is 1. The van der Waals surface area contributed by atoms with Gasteiger partial charge in [0.15, 0.2) is 0 Å². The van der Waals surface area contributed by atoms with Crippen LogP contribution >= 0.6 is 11.3 Å². The van der Waals surface area contributed by atoms with E-state index >= 15 is 0 Å². The van der Waals surface area contributed by atoms with Crippen molar-refractivity contribution in [2.24, 2.45) is 5.92 Å². The Balaban J connectivity index is 1.57. The minimum absolute atomic E-state index is 0.209. The predicted octanol–water partition coefficient (Wildman–Crippen LogP) is 3.68. The van der Waals surface area contributed by atoms with Crippen LogP contribution in [0.2, 0.25) is 0 Å². The second-order valence-electron chi connectivity index (χ2n) is 7.25. The summed E-state index contributed by atoms with van der Waals surface area (Å²) in [5.74, 6) is -0.403. The highest BCUT2D eigenvalue weighted by Crippen LogP contribution is 2.33. The van der Waals surface area contributed by atoms with E-state index in [9.17, 15) is 14.7 Å². The van der Waals surface area contributed by atoms with E-state index in [4.69, 9.17) is 4.98 Å². The van der Waals surface area contributed by atoms with Gasteiger partial charge in [0.25, 0.3) is 0 Å². The molecule has 0 spiro atoms. The summed E-state index contributed by atoms with van der Waals surface area (Å²) in [4.78, 5) is 30.2. The number of hydrogen-bond donors (Lipinski definition) is 2. The van der Waals surface area contributed by atoms with E-state index in [-0.39, 0.29) is 11.9 Å². The lowest BCUT2D eigenvalue weighted by Crippen LogP contribution is -2.50. The molecule has 140 valence electrons. The van der Waals surface area contributed by atoms with Crippen molar-refractivity contribution < 1.29 is 14.7 Å². The Morgan fingerprint density at radius 2 is 2.00 bits per heavy atom. The number of likely N-dealkylation sites (tertiary alicyclic amines) is 1. The molecular formula is C19H25N3O3S. The number of thiazole rings is 1. The Morgan fingerprint density at radius 1 is 1.31 bits per heavy atom. The van der Waals surface area contributed by atoms with Gasteiger partial charge in [-0.2, -0.15) is 0 Å². The number of carboxylic acid groups (broad SMARTS) is 1. The summed E-state index contributed by atoms with van der Waals surface area (Å²) in [6.45, 7) is 5.15. The third-order valence-electron chi connectivity index (χ3n) is 4.74. The number of amides is 2. The second kappa shape index (κ2) is 8.03. The van der Waals surface area contributed by atoms with Crippen molar-refractivity contribution >= 4 is 33.6 Å². The molecule has 1 unspecified atom stereocenters. The standard InChI is InChI=1S/C19H25N3O3S/c1-12(2)11-15(18(23)24)21-19(25)22-9-7-13(8-10-22)17-20-14-5-3-4-6-16(14)26-17/h3-6,12-13,15H,7-11H2,1-2H3,(H,21,25)(H,23,24). The van der Waals surface area contributed by atoms with Crippen LogP contribution < -0.4 is 5.32 Å². The van der Waals surface area contributed by atoms with Crippen LogP contribution in [0.25, 0.3) is 10.2 Å². The summed E-state index contributed by atoms with van der Waals surface area (Å²) in [5, 5.41) is 13.1. The molecule has 2 aromatic rings. The number of para-hydroxylation sites is 1. The lowest BCUT2D eigenvalue weighted by atomic mass is 9.97. The SMILES string of the molecule is CC(C)CC(NC(=O)N1CCC(c2nc3ccccc3s2)CC1)C(=O)O. The fourth-order valence-electron chi connectivity index (χ4n) is 3.33. The number of nitrogens with zero attached hydrogens (tertiary/aromatic N) is 2. The molecule has 1 aromatic carbocycles. The van der Waals surface area contributed by atoms with Crippen LogP contribution in [-0.2, 0) is 4.79 Å². The molecule has 1 aliphatic rings. The number of benzene rings is 1. The number of aliphatic carboxylic acids is 1. The third-order valence-corrected chi connectivity index (χ3v) is 5.94. The molecule has 3 rings (SSSR count). The molecule has 7 heteroatoms. The van der Waals surface area contributed by atoms with Crippen molar-refractivity contribution in [2.75, 3.05) is 13.1 Å². The first-order valence-electron chi connectivity index (χ1n) is 9.07. The van der Waals surface area contributed by atoms with Crippen LogP contribution in [0.4, 0.5) is 4.79 Å². The van der Waals surface area contributed by atoms with E-state index in [0.29, 0.717) is 25.4 Å². The number of piperidine rings is 1. The molecule has 0 radical (unpaired) electrons. The summed E-state index contributed by atoms with van der Waals surface area (Å²) in [7, 11) is 0. The predicted molar refractivity (Wildman–Crippen MR) is 103 cm³/mol. The number of rotatable bonds is 5. The molecule has 0 bridgehead atoms. The van der Waals surface area contributed by atoms with E-state index < -0.39 is 12.0 Å². The monoisotopic (exact) mass is 375 g/mol. The molecule has 2 amide bonds. The molecule has 2 heterocycles. The van der Waals surface area contributed by atoms with Crippen molar-refractivity contribution in [1.82, 2.24) is 15.2 Å². The highest BCUT2D eigenvalue weighted by Gasteiger charge is 2.28. The Labute approximate surface area is 157 Å². The van der Waals surface area contributed by atoms with Crippen LogP contribution in [0, 0.1) is 5.92 Å². The van der Waals surface area contributed by atoms with Crippen molar-refractivity contribution in [3.63, 3.8) is 0 Å². The van der Waals surface area contributed by atoms with E-state index in [1.807, 2.05) is 32.0 Å². The molecule has 1 atom stereocenters. The minimum Gasteiger partial charge on any atom is -0.480 e. The number of carbonyl (C=O) groups excluding carboxylic acids is 1. The van der Waals surface area contributed by atoms with Gasteiger partial charge in [-0.25, -0.2) is 14.6 Å². The topological polar surface area (TPSA) is 82.5 Å². The largest absolute Gasteiger partial charge is 0.480 e. The van der Waals surface area contributed by atoms with Crippen LogP contribution in [0.1, 0.15) is 44.0 Å². The first kappa shape index (κ1) is 18.6. The number of carbonyl (C=O) groups is 2. The Morgan fingerprint density at radius 3 is 2.62 bits per heavy atom. The van der Waals surface area contributed by atoms with Gasteiger partial charge in [-0.1, -0.05) is 26.0 Å². The number of nitrogens with one attached hydrogen (secondary N) is 1. The molecule has 2 N–H and O–H groups in total. The van der Waals surface area contributed by atoms with Gasteiger partial charge in [0, 0.05) is 19.0 Å². The smallest absolute Gasteiger partial charge is 0.326 e. The quantitative estimate of drug-likeness (QED) is 0.835. The number of fused-ring (bicyclic) bond motifs is 1. The lowest BCUT2D eigenvalue weighted by molar-refractivity contribution is -0.139. The molecule has 6 nitrogen and oxygen atoms in total. The summed E-state index contributed by atoms with van der Waals surface area (Å²) >= 11 is 1.73. The van der Waals surface area contributed by atoms with Crippen LogP contribution in [-0.4, -0.2) is 46.1 Å². The highest BCUT2D eigenvalue weighted by atomic mass is 32.1. The van der Waals surface area contributed by atoms with Gasteiger partial charge in [-0.05, 0) is 37.3 Å². The van der Waals surface area contributed by atoms with Gasteiger partial charge in [-0.3, -0.25) is 0 Å². The Hall–Kier alpha value is -2.15. The molecule has 0 saturated carbocycles. The van der Waals surface area contributed by atoms with E-state index in [0.717, 1.165) is 23.4 Å². The molecule has 1 fully saturated rings. The first-order chi connectivity index (χ1) is 12.4. The summed E-state index contributed by atoms with van der Waals surface area (Å²) in [6.07, 6.45) is 2.15. The zero-order valence-corrected chi connectivity index (χ0v) is 16.0. The molecule has 0 aliphatic carbocycles. The average Bonchev–Trinajstić information content (AvgIpc) is 3.05. The molecule has 1 aromatic heterocycles. The van der Waals surface area contributed by atoms with Gasteiger partial charge >= 0.3 is 12.0 Å². The lowest BCUT2D eigenvalue weighted by Gasteiger charge is -2.32. The second-order valence-corrected chi connectivity index (χ2v) is 8.31.